The van der Waals surface area contributed by atoms with E-state index in [9.17, 15) is 4.79 Å². The van der Waals surface area contributed by atoms with E-state index in [-0.39, 0.29) is 12.0 Å². The summed E-state index contributed by atoms with van der Waals surface area (Å²) < 4.78 is 7.68. The summed E-state index contributed by atoms with van der Waals surface area (Å²) in [6.07, 6.45) is 9.46. The molecular weight excluding hydrogens is 344 g/mol. The van der Waals surface area contributed by atoms with Gasteiger partial charge in [0.25, 0.3) is 0 Å². The smallest absolute Gasteiger partial charge is 0.220 e. The number of nitrogens with one attached hydrogen (secondary N) is 2. The molecule has 8 heteroatoms. The highest BCUT2D eigenvalue weighted by atomic mass is 16.5. The Morgan fingerprint density at radius 2 is 2.11 bits per heavy atom. The molecule has 0 bridgehead atoms. The number of hydrogen-bond donors (Lipinski definition) is 2. The quantitative estimate of drug-likeness (QED) is 0.441. The van der Waals surface area contributed by atoms with Gasteiger partial charge in [-0.25, -0.2) is 0 Å². The van der Waals surface area contributed by atoms with Crippen molar-refractivity contribution in [1.82, 2.24) is 25.3 Å². The third kappa shape index (κ3) is 5.69. The van der Waals surface area contributed by atoms with Gasteiger partial charge in [0, 0.05) is 51.9 Å². The average Bonchev–Trinajstić information content (AvgIpc) is 3.33. The Morgan fingerprint density at radius 1 is 1.33 bits per heavy atom. The maximum Gasteiger partial charge on any atom is 0.220 e. The van der Waals surface area contributed by atoms with Crippen LogP contribution in [0, 0.1) is 5.92 Å². The molecule has 2 heterocycles. The summed E-state index contributed by atoms with van der Waals surface area (Å²) in [5.41, 5.74) is 1.08. The van der Waals surface area contributed by atoms with Crippen LogP contribution in [0.3, 0.4) is 0 Å². The molecular formula is C19H32N6O2. The number of hydrogen-bond acceptors (Lipinski definition) is 4. The second-order valence-electron chi connectivity index (χ2n) is 7.43. The number of rotatable bonds is 6. The van der Waals surface area contributed by atoms with E-state index in [1.807, 2.05) is 19.4 Å². The first-order chi connectivity index (χ1) is 13.2. The largest absolute Gasteiger partial charge is 0.370 e. The predicted molar refractivity (Wildman–Crippen MR) is 104 cm³/mol. The molecule has 1 atom stereocenters. The Labute approximate surface area is 161 Å². The molecule has 27 heavy (non-hydrogen) atoms. The molecule has 0 spiro atoms. The van der Waals surface area contributed by atoms with Crippen LogP contribution in [0.4, 0.5) is 0 Å². The molecule has 2 aliphatic rings. The SMILES string of the molecule is CN=C(NCCNC(=O)CC1CCCC1)N1CCOC(c2cnn(C)c2)C1. The number of carbonyl (C=O) groups excluding carboxylic acids is 1. The van der Waals surface area contributed by atoms with Crippen molar-refractivity contribution in [2.45, 2.75) is 38.2 Å². The average molecular weight is 377 g/mol. The number of ether oxygens (including phenoxy) is 1. The van der Waals surface area contributed by atoms with Crippen molar-refractivity contribution in [3.8, 4) is 0 Å². The molecule has 1 saturated carbocycles. The van der Waals surface area contributed by atoms with Gasteiger partial charge < -0.3 is 20.3 Å². The molecule has 2 N–H and O–H groups in total. The summed E-state index contributed by atoms with van der Waals surface area (Å²) in [5, 5.41) is 10.6. The Morgan fingerprint density at radius 3 is 2.81 bits per heavy atom. The van der Waals surface area contributed by atoms with Crippen molar-refractivity contribution in [3.05, 3.63) is 18.0 Å². The minimum Gasteiger partial charge on any atom is -0.370 e. The number of nitrogens with zero attached hydrogens (tertiary/aromatic N) is 4. The van der Waals surface area contributed by atoms with Gasteiger partial charge in [0.05, 0.1) is 19.3 Å². The van der Waals surface area contributed by atoms with Gasteiger partial charge in [0.1, 0.15) is 6.10 Å². The highest BCUT2D eigenvalue weighted by Gasteiger charge is 2.25. The molecule has 1 aliphatic carbocycles. The zero-order valence-corrected chi connectivity index (χ0v) is 16.5. The van der Waals surface area contributed by atoms with Crippen molar-refractivity contribution in [1.29, 1.82) is 0 Å². The van der Waals surface area contributed by atoms with Crippen LogP contribution in [-0.2, 0) is 16.6 Å². The van der Waals surface area contributed by atoms with Gasteiger partial charge in [-0.05, 0) is 18.8 Å². The summed E-state index contributed by atoms with van der Waals surface area (Å²) in [6, 6.07) is 0. The number of amides is 1. The number of carbonyl (C=O) groups is 1. The molecule has 1 aromatic heterocycles. The number of morpholine rings is 1. The molecule has 1 aliphatic heterocycles. The van der Waals surface area contributed by atoms with Crippen LogP contribution in [0.2, 0.25) is 0 Å². The number of guanidine groups is 1. The molecule has 1 aromatic rings. The molecule has 0 radical (unpaired) electrons. The van der Waals surface area contributed by atoms with Crippen LogP contribution < -0.4 is 10.6 Å². The topological polar surface area (TPSA) is 83.8 Å². The van der Waals surface area contributed by atoms with E-state index in [1.54, 1.807) is 11.7 Å². The van der Waals surface area contributed by atoms with Crippen molar-refractivity contribution in [2.75, 3.05) is 39.8 Å². The molecule has 0 aromatic carbocycles. The van der Waals surface area contributed by atoms with Gasteiger partial charge in [-0.1, -0.05) is 12.8 Å². The molecule has 2 fully saturated rings. The minimum absolute atomic E-state index is 0.00267. The lowest BCUT2D eigenvalue weighted by atomic mass is 10.0. The number of aliphatic imine (C=N–C) groups is 1. The first-order valence-corrected chi connectivity index (χ1v) is 9.98. The van der Waals surface area contributed by atoms with E-state index < -0.39 is 0 Å². The van der Waals surface area contributed by atoms with Crippen molar-refractivity contribution in [2.24, 2.45) is 18.0 Å². The van der Waals surface area contributed by atoms with Gasteiger partial charge in [-0.15, -0.1) is 0 Å². The second-order valence-corrected chi connectivity index (χ2v) is 7.43. The molecule has 150 valence electrons. The molecule has 3 rings (SSSR count). The fourth-order valence-corrected chi connectivity index (χ4v) is 3.91. The Bertz CT molecular complexity index is 638. The standard InChI is InChI=1S/C19H32N6O2/c1-20-19(22-8-7-21-18(26)11-15-5-3-4-6-15)25-9-10-27-17(14-25)16-12-23-24(2)13-16/h12-13,15,17H,3-11,14H2,1-2H3,(H,20,22)(H,21,26). The lowest BCUT2D eigenvalue weighted by Crippen LogP contribution is -2.49. The van der Waals surface area contributed by atoms with Crippen LogP contribution in [0.1, 0.15) is 43.8 Å². The maximum atomic E-state index is 12.0. The van der Waals surface area contributed by atoms with Gasteiger partial charge >= 0.3 is 0 Å². The third-order valence-corrected chi connectivity index (χ3v) is 5.35. The van der Waals surface area contributed by atoms with Gasteiger partial charge in [0.15, 0.2) is 5.96 Å². The first kappa shape index (κ1) is 19.7. The molecule has 1 unspecified atom stereocenters. The van der Waals surface area contributed by atoms with Crippen molar-refractivity contribution in [3.63, 3.8) is 0 Å². The molecule has 1 saturated heterocycles. The summed E-state index contributed by atoms with van der Waals surface area (Å²) in [6.45, 7) is 3.46. The van der Waals surface area contributed by atoms with Crippen LogP contribution in [0.15, 0.2) is 17.4 Å². The summed E-state index contributed by atoms with van der Waals surface area (Å²) >= 11 is 0. The van der Waals surface area contributed by atoms with Crippen LogP contribution in [-0.4, -0.2) is 66.4 Å². The van der Waals surface area contributed by atoms with Crippen LogP contribution in [0.25, 0.3) is 0 Å². The Balaban J connectivity index is 1.39. The van der Waals surface area contributed by atoms with E-state index >= 15 is 0 Å². The summed E-state index contributed by atoms with van der Waals surface area (Å²) in [7, 11) is 3.70. The molecule has 1 amide bonds. The minimum atomic E-state index is -0.00267. The number of aryl methyl sites for hydroxylation is 1. The van der Waals surface area contributed by atoms with E-state index in [0.29, 0.717) is 32.0 Å². The molecule has 8 nitrogen and oxygen atoms in total. The van der Waals surface area contributed by atoms with Crippen LogP contribution in [0.5, 0.6) is 0 Å². The Hall–Kier alpha value is -2.09. The maximum absolute atomic E-state index is 12.0. The van der Waals surface area contributed by atoms with E-state index in [1.165, 1.54) is 25.7 Å². The normalized spacial score (nSPS) is 21.5. The van der Waals surface area contributed by atoms with Crippen molar-refractivity contribution >= 4 is 11.9 Å². The highest BCUT2D eigenvalue weighted by molar-refractivity contribution is 5.80. The third-order valence-electron chi connectivity index (χ3n) is 5.35. The number of aromatic nitrogens is 2. The van der Waals surface area contributed by atoms with E-state index in [0.717, 1.165) is 24.6 Å². The summed E-state index contributed by atoms with van der Waals surface area (Å²) in [4.78, 5) is 18.6. The van der Waals surface area contributed by atoms with E-state index in [4.69, 9.17) is 4.74 Å². The van der Waals surface area contributed by atoms with Crippen LogP contribution >= 0.6 is 0 Å². The van der Waals surface area contributed by atoms with Crippen molar-refractivity contribution < 1.29 is 9.53 Å². The van der Waals surface area contributed by atoms with Gasteiger partial charge in [-0.2, -0.15) is 5.10 Å². The fourth-order valence-electron chi connectivity index (χ4n) is 3.91. The van der Waals surface area contributed by atoms with E-state index in [2.05, 4.69) is 25.6 Å². The van der Waals surface area contributed by atoms with Gasteiger partial charge in [0.2, 0.25) is 5.91 Å². The predicted octanol–water partition coefficient (Wildman–Crippen LogP) is 1.07. The monoisotopic (exact) mass is 376 g/mol. The lowest BCUT2D eigenvalue weighted by molar-refractivity contribution is -0.121. The summed E-state index contributed by atoms with van der Waals surface area (Å²) in [5.74, 6) is 1.60. The highest BCUT2D eigenvalue weighted by Crippen LogP contribution is 2.27. The fraction of sp³-hybridized carbons (Fsp3) is 0.737. The Kier molecular flexibility index (Phi) is 7.09. The first-order valence-electron chi connectivity index (χ1n) is 9.98. The zero-order valence-electron chi connectivity index (χ0n) is 16.5. The van der Waals surface area contributed by atoms with Gasteiger partial charge in [-0.3, -0.25) is 14.5 Å². The second kappa shape index (κ2) is 9.73. The zero-order chi connectivity index (χ0) is 19.1. The lowest BCUT2D eigenvalue weighted by Gasteiger charge is -2.34.